The van der Waals surface area contributed by atoms with Crippen molar-refractivity contribution in [2.75, 3.05) is 6.54 Å². The fraction of sp³-hybridized carbons (Fsp3) is 0.500. The van der Waals surface area contributed by atoms with Crippen LogP contribution in [0.5, 0.6) is 0 Å². The van der Waals surface area contributed by atoms with Crippen molar-refractivity contribution >= 4 is 0 Å². The second kappa shape index (κ2) is 4.58. The second-order valence-electron chi connectivity index (χ2n) is 4.02. The van der Waals surface area contributed by atoms with Crippen molar-refractivity contribution in [1.29, 1.82) is 0 Å². The van der Waals surface area contributed by atoms with Crippen molar-refractivity contribution in [2.45, 2.75) is 32.0 Å². The second-order valence-corrected chi connectivity index (χ2v) is 4.02. The van der Waals surface area contributed by atoms with Gasteiger partial charge in [-0.15, -0.1) is 0 Å². The minimum atomic E-state index is 0.268. The molecule has 0 spiro atoms. The predicted molar refractivity (Wildman–Crippen MR) is 58.7 cm³/mol. The Morgan fingerprint density at radius 2 is 2.00 bits per heavy atom. The topological polar surface area (TPSA) is 29.3 Å². The van der Waals surface area contributed by atoms with Crippen LogP contribution in [0.25, 0.3) is 0 Å². The van der Waals surface area contributed by atoms with Crippen LogP contribution in [-0.2, 0) is 6.54 Å². The summed E-state index contributed by atoms with van der Waals surface area (Å²) in [5.74, 6) is 0. The van der Waals surface area contributed by atoms with Gasteiger partial charge in [0.25, 0.3) is 0 Å². The molecule has 1 aromatic carbocycles. The lowest BCUT2D eigenvalue weighted by Crippen LogP contribution is -2.44. The molecule has 0 aliphatic carbocycles. The van der Waals surface area contributed by atoms with Crippen LogP contribution in [0.3, 0.4) is 0 Å². The van der Waals surface area contributed by atoms with E-state index in [4.69, 9.17) is 5.73 Å². The lowest BCUT2D eigenvalue weighted by molar-refractivity contribution is 0.144. The summed E-state index contributed by atoms with van der Waals surface area (Å²) >= 11 is 0. The summed E-state index contributed by atoms with van der Waals surface area (Å²) in [7, 11) is 0. The van der Waals surface area contributed by atoms with Crippen molar-refractivity contribution in [3.05, 3.63) is 35.9 Å². The van der Waals surface area contributed by atoms with Gasteiger partial charge < -0.3 is 5.73 Å². The highest BCUT2D eigenvalue weighted by Crippen LogP contribution is 2.15. The van der Waals surface area contributed by atoms with Gasteiger partial charge in [0.15, 0.2) is 0 Å². The maximum atomic E-state index is 6.05. The molecule has 76 valence electrons. The number of likely N-dealkylation sites (tertiary alicyclic amines) is 1. The van der Waals surface area contributed by atoms with Crippen LogP contribution >= 0.6 is 0 Å². The number of nitrogens with two attached hydrogens (primary N) is 1. The van der Waals surface area contributed by atoms with Gasteiger partial charge in [-0.25, -0.2) is 0 Å². The van der Waals surface area contributed by atoms with E-state index in [-0.39, 0.29) is 6.17 Å². The fourth-order valence-corrected chi connectivity index (χ4v) is 2.03. The summed E-state index contributed by atoms with van der Waals surface area (Å²) in [6.07, 6.45) is 3.99. The molecule has 0 saturated carbocycles. The number of hydrogen-bond acceptors (Lipinski definition) is 2. The smallest absolute Gasteiger partial charge is 0.0574 e. The van der Waals surface area contributed by atoms with Gasteiger partial charge in [-0.05, 0) is 31.4 Å². The van der Waals surface area contributed by atoms with E-state index in [0.717, 1.165) is 19.5 Å². The van der Waals surface area contributed by atoms with E-state index >= 15 is 0 Å². The highest BCUT2D eigenvalue weighted by molar-refractivity contribution is 5.14. The van der Waals surface area contributed by atoms with Crippen molar-refractivity contribution < 1.29 is 0 Å². The molecule has 14 heavy (non-hydrogen) atoms. The van der Waals surface area contributed by atoms with Crippen LogP contribution in [0, 0.1) is 0 Å². The van der Waals surface area contributed by atoms with Crippen LogP contribution in [0.15, 0.2) is 30.3 Å². The molecule has 0 amide bonds. The summed E-state index contributed by atoms with van der Waals surface area (Å²) in [6.45, 7) is 2.15. The van der Waals surface area contributed by atoms with Gasteiger partial charge in [-0.1, -0.05) is 30.3 Å². The SMILES string of the molecule is N[C@@H]1CCCCN1Cc1ccccc1. The van der Waals surface area contributed by atoms with Gasteiger partial charge in [-0.2, -0.15) is 0 Å². The Morgan fingerprint density at radius 1 is 1.21 bits per heavy atom. The quantitative estimate of drug-likeness (QED) is 0.772. The molecule has 1 aromatic rings. The zero-order valence-electron chi connectivity index (χ0n) is 8.52. The zero-order chi connectivity index (χ0) is 9.80. The van der Waals surface area contributed by atoms with E-state index in [9.17, 15) is 0 Å². The Morgan fingerprint density at radius 3 is 2.71 bits per heavy atom. The van der Waals surface area contributed by atoms with Crippen LogP contribution in [-0.4, -0.2) is 17.6 Å². The van der Waals surface area contributed by atoms with Gasteiger partial charge >= 0.3 is 0 Å². The zero-order valence-corrected chi connectivity index (χ0v) is 8.52. The van der Waals surface area contributed by atoms with Crippen molar-refractivity contribution in [1.82, 2.24) is 4.90 Å². The Hall–Kier alpha value is -0.860. The third-order valence-electron chi connectivity index (χ3n) is 2.89. The summed E-state index contributed by atoms with van der Waals surface area (Å²) < 4.78 is 0. The number of hydrogen-bond donors (Lipinski definition) is 1. The molecule has 0 bridgehead atoms. The maximum absolute atomic E-state index is 6.05. The van der Waals surface area contributed by atoms with E-state index in [1.165, 1.54) is 18.4 Å². The molecule has 1 aliphatic rings. The number of rotatable bonds is 2. The number of piperidine rings is 1. The number of nitrogens with zero attached hydrogens (tertiary/aromatic N) is 1. The molecule has 0 aromatic heterocycles. The molecule has 2 nitrogen and oxygen atoms in total. The Bertz CT molecular complexity index is 271. The first-order valence-electron chi connectivity index (χ1n) is 5.40. The summed E-state index contributed by atoms with van der Waals surface area (Å²) in [5.41, 5.74) is 7.42. The van der Waals surface area contributed by atoms with Gasteiger partial charge in [0.2, 0.25) is 0 Å². The van der Waals surface area contributed by atoms with E-state index in [0.29, 0.717) is 0 Å². The van der Waals surface area contributed by atoms with Gasteiger partial charge in [0.1, 0.15) is 0 Å². The molecule has 2 rings (SSSR count). The van der Waals surface area contributed by atoms with Gasteiger partial charge in [0, 0.05) is 6.54 Å². The minimum Gasteiger partial charge on any atom is -0.316 e. The average molecular weight is 190 g/mol. The van der Waals surface area contributed by atoms with E-state index in [1.54, 1.807) is 0 Å². The third kappa shape index (κ3) is 2.34. The lowest BCUT2D eigenvalue weighted by Gasteiger charge is -2.32. The summed E-state index contributed by atoms with van der Waals surface area (Å²) in [6, 6.07) is 10.6. The third-order valence-corrected chi connectivity index (χ3v) is 2.89. The molecule has 2 heteroatoms. The highest BCUT2D eigenvalue weighted by atomic mass is 15.2. The number of benzene rings is 1. The molecule has 2 N–H and O–H groups in total. The molecule has 1 heterocycles. The lowest BCUT2D eigenvalue weighted by atomic mass is 10.1. The van der Waals surface area contributed by atoms with Gasteiger partial charge in [0.05, 0.1) is 6.17 Å². The summed E-state index contributed by atoms with van der Waals surface area (Å²) in [4.78, 5) is 2.37. The van der Waals surface area contributed by atoms with Crippen molar-refractivity contribution in [2.24, 2.45) is 5.73 Å². The molecule has 1 saturated heterocycles. The van der Waals surface area contributed by atoms with E-state index in [1.807, 2.05) is 0 Å². The largest absolute Gasteiger partial charge is 0.316 e. The monoisotopic (exact) mass is 190 g/mol. The van der Waals surface area contributed by atoms with Crippen molar-refractivity contribution in [3.8, 4) is 0 Å². The molecular formula is C12H18N2. The predicted octanol–water partition coefficient (Wildman–Crippen LogP) is 1.96. The minimum absolute atomic E-state index is 0.268. The maximum Gasteiger partial charge on any atom is 0.0574 e. The van der Waals surface area contributed by atoms with Crippen molar-refractivity contribution in [3.63, 3.8) is 0 Å². The molecule has 0 radical (unpaired) electrons. The molecular weight excluding hydrogens is 172 g/mol. The first kappa shape index (κ1) is 9.69. The van der Waals surface area contributed by atoms with Crippen LogP contribution in [0.1, 0.15) is 24.8 Å². The fourth-order valence-electron chi connectivity index (χ4n) is 2.03. The first-order valence-corrected chi connectivity index (χ1v) is 5.40. The molecule has 1 fully saturated rings. The van der Waals surface area contributed by atoms with E-state index in [2.05, 4.69) is 35.2 Å². The molecule has 0 unspecified atom stereocenters. The average Bonchev–Trinajstić information content (AvgIpc) is 2.23. The highest BCUT2D eigenvalue weighted by Gasteiger charge is 2.17. The van der Waals surface area contributed by atoms with Crippen LogP contribution in [0.4, 0.5) is 0 Å². The van der Waals surface area contributed by atoms with Crippen LogP contribution < -0.4 is 5.73 Å². The first-order chi connectivity index (χ1) is 6.86. The van der Waals surface area contributed by atoms with Crippen LogP contribution in [0.2, 0.25) is 0 Å². The standard InChI is InChI=1S/C12H18N2/c13-12-8-4-5-9-14(12)10-11-6-2-1-3-7-11/h1-3,6-7,12H,4-5,8-10,13H2/t12-/m0/s1. The Kier molecular flexibility index (Phi) is 3.17. The Labute approximate surface area is 85.7 Å². The van der Waals surface area contributed by atoms with Gasteiger partial charge in [-0.3, -0.25) is 4.90 Å². The van der Waals surface area contributed by atoms with E-state index < -0.39 is 0 Å². The summed E-state index contributed by atoms with van der Waals surface area (Å²) in [5, 5.41) is 0. The Balaban J connectivity index is 1.96. The molecule has 1 atom stereocenters. The molecule has 1 aliphatic heterocycles. The normalized spacial score (nSPS) is 23.6.